The highest BCUT2D eigenvalue weighted by molar-refractivity contribution is 7.92. The number of hydrogen-bond donors (Lipinski definition) is 1. The van der Waals surface area contributed by atoms with E-state index in [0.29, 0.717) is 10.6 Å². The second kappa shape index (κ2) is 12.8. The van der Waals surface area contributed by atoms with Gasteiger partial charge in [0.05, 0.1) is 26.9 Å². The Morgan fingerprint density at radius 1 is 1.11 bits per heavy atom. The molecule has 1 fully saturated rings. The number of non-ortho nitro benzene ring substituents is 1. The van der Waals surface area contributed by atoms with Gasteiger partial charge in [0, 0.05) is 24.7 Å². The van der Waals surface area contributed by atoms with Gasteiger partial charge in [0.1, 0.15) is 12.6 Å². The minimum atomic E-state index is -4.02. The molecule has 0 radical (unpaired) electrons. The highest BCUT2D eigenvalue weighted by Crippen LogP contribution is 2.26. The highest BCUT2D eigenvalue weighted by atomic mass is 35.5. The molecule has 13 heteroatoms. The Balaban J connectivity index is 1.91. The monoisotopic (exact) mass is 584 g/mol. The average Bonchev–Trinajstić information content (AvgIpc) is 2.87. The highest BCUT2D eigenvalue weighted by Gasteiger charge is 2.31. The molecule has 1 aliphatic carbocycles. The van der Waals surface area contributed by atoms with Crippen LogP contribution < -0.4 is 9.62 Å². The summed E-state index contributed by atoms with van der Waals surface area (Å²) in [5.74, 6) is -1.02. The van der Waals surface area contributed by atoms with Crippen LogP contribution in [0.5, 0.6) is 0 Å². The van der Waals surface area contributed by atoms with Crippen molar-refractivity contribution in [1.82, 2.24) is 10.2 Å². The van der Waals surface area contributed by atoms with E-state index in [2.05, 4.69) is 5.32 Å². The molecule has 2 amide bonds. The normalized spacial score (nSPS) is 14.9. The number of sulfonamides is 1. The molecule has 2 aromatic rings. The van der Waals surface area contributed by atoms with Crippen LogP contribution in [-0.4, -0.2) is 54.9 Å². The van der Waals surface area contributed by atoms with Crippen molar-refractivity contribution in [3.8, 4) is 0 Å². The van der Waals surface area contributed by atoms with Crippen LogP contribution in [-0.2, 0) is 26.2 Å². The minimum Gasteiger partial charge on any atom is -0.352 e. The van der Waals surface area contributed by atoms with Crippen LogP contribution in [0, 0.1) is 10.1 Å². The lowest BCUT2D eigenvalue weighted by Crippen LogP contribution is -2.52. The first-order chi connectivity index (χ1) is 17.9. The number of rotatable bonds is 10. The summed E-state index contributed by atoms with van der Waals surface area (Å²) >= 11 is 12.2. The molecule has 0 saturated heterocycles. The molecular weight excluding hydrogens is 555 g/mol. The van der Waals surface area contributed by atoms with Gasteiger partial charge in [-0.25, -0.2) is 8.42 Å². The summed E-state index contributed by atoms with van der Waals surface area (Å²) < 4.78 is 26.1. The molecule has 0 bridgehead atoms. The van der Waals surface area contributed by atoms with Gasteiger partial charge in [0.25, 0.3) is 5.69 Å². The SMILES string of the molecule is C[C@H](C(=O)NC1CCCCC1)N(Cc1ccc(Cl)c(Cl)c1)C(=O)CN(c1cccc([N+](=O)[O-])c1)S(C)(=O)=O. The molecule has 0 spiro atoms. The van der Waals surface area contributed by atoms with E-state index in [1.165, 1.54) is 23.1 Å². The second-order valence-electron chi connectivity index (χ2n) is 9.34. The summed E-state index contributed by atoms with van der Waals surface area (Å²) in [5.41, 5.74) is 0.228. The summed E-state index contributed by atoms with van der Waals surface area (Å²) in [6.07, 6.45) is 5.75. The van der Waals surface area contributed by atoms with Crippen molar-refractivity contribution in [2.45, 2.75) is 57.7 Å². The van der Waals surface area contributed by atoms with Gasteiger partial charge in [-0.3, -0.25) is 24.0 Å². The van der Waals surface area contributed by atoms with Crippen LogP contribution in [0.15, 0.2) is 42.5 Å². The van der Waals surface area contributed by atoms with Crippen molar-refractivity contribution in [3.63, 3.8) is 0 Å². The molecule has 206 valence electrons. The number of nitro benzene ring substituents is 1. The Morgan fingerprint density at radius 2 is 1.79 bits per heavy atom. The number of carbonyl (C=O) groups is 2. The minimum absolute atomic E-state index is 0.0121. The van der Waals surface area contributed by atoms with Crippen molar-refractivity contribution in [2.24, 2.45) is 0 Å². The van der Waals surface area contributed by atoms with Crippen molar-refractivity contribution in [3.05, 3.63) is 68.2 Å². The Kier molecular flexibility index (Phi) is 9.97. The Bertz CT molecular complexity index is 1300. The van der Waals surface area contributed by atoms with Crippen LogP contribution >= 0.6 is 23.2 Å². The number of nitro groups is 1. The molecule has 38 heavy (non-hydrogen) atoms. The predicted octanol–water partition coefficient (Wildman–Crippen LogP) is 4.53. The number of nitrogens with zero attached hydrogens (tertiary/aromatic N) is 3. The smallest absolute Gasteiger partial charge is 0.271 e. The third kappa shape index (κ3) is 7.81. The van der Waals surface area contributed by atoms with E-state index in [9.17, 15) is 28.1 Å². The summed E-state index contributed by atoms with van der Waals surface area (Å²) in [6.45, 7) is 0.871. The number of carbonyl (C=O) groups excluding carboxylic acids is 2. The van der Waals surface area contributed by atoms with Gasteiger partial charge in [-0.1, -0.05) is 54.6 Å². The van der Waals surface area contributed by atoms with Crippen LogP contribution in [0.1, 0.15) is 44.6 Å². The molecule has 0 heterocycles. The standard InChI is InChI=1S/C25H30Cl2N4O6S/c1-17(25(33)28-19-7-4-3-5-8-19)29(15-18-11-12-22(26)23(27)13-18)24(32)16-30(38(2,36)37)20-9-6-10-21(14-20)31(34)35/h6,9-14,17,19H,3-5,7-8,15-16H2,1-2H3,(H,28,33)/t17-/m1/s1. The van der Waals surface area contributed by atoms with Crippen molar-refractivity contribution < 1.29 is 22.9 Å². The molecule has 2 aromatic carbocycles. The predicted molar refractivity (Wildman–Crippen MR) is 147 cm³/mol. The first-order valence-corrected chi connectivity index (χ1v) is 14.7. The molecular formula is C25H30Cl2N4O6S. The van der Waals surface area contributed by atoms with E-state index in [0.717, 1.165) is 48.7 Å². The number of halogens is 2. The third-order valence-electron chi connectivity index (χ3n) is 6.46. The maximum atomic E-state index is 13.6. The Morgan fingerprint density at radius 3 is 2.39 bits per heavy atom. The lowest BCUT2D eigenvalue weighted by Gasteiger charge is -2.33. The third-order valence-corrected chi connectivity index (χ3v) is 8.34. The van der Waals surface area contributed by atoms with E-state index >= 15 is 0 Å². The summed E-state index contributed by atoms with van der Waals surface area (Å²) in [5, 5.41) is 14.8. The summed E-state index contributed by atoms with van der Waals surface area (Å²) in [4.78, 5) is 38.7. The van der Waals surface area contributed by atoms with Crippen LogP contribution in [0.4, 0.5) is 11.4 Å². The number of amides is 2. The number of nitrogens with one attached hydrogen (secondary N) is 1. The van der Waals surface area contributed by atoms with Gasteiger partial charge in [0.2, 0.25) is 21.8 Å². The largest absolute Gasteiger partial charge is 0.352 e. The van der Waals surface area contributed by atoms with E-state index in [1.807, 2.05) is 0 Å². The van der Waals surface area contributed by atoms with Gasteiger partial charge in [-0.05, 0) is 43.5 Å². The zero-order valence-electron chi connectivity index (χ0n) is 21.1. The van der Waals surface area contributed by atoms with Gasteiger partial charge < -0.3 is 10.2 Å². The van der Waals surface area contributed by atoms with Crippen LogP contribution in [0.3, 0.4) is 0 Å². The molecule has 1 N–H and O–H groups in total. The Labute approximate surface area is 232 Å². The fraction of sp³-hybridized carbons (Fsp3) is 0.440. The van der Waals surface area contributed by atoms with Crippen LogP contribution in [0.2, 0.25) is 10.0 Å². The zero-order chi connectivity index (χ0) is 28.0. The average molecular weight is 586 g/mol. The number of benzene rings is 2. The first kappa shape index (κ1) is 29.7. The molecule has 0 aromatic heterocycles. The van der Waals surface area contributed by atoms with Crippen molar-refractivity contribution in [2.75, 3.05) is 17.1 Å². The molecule has 1 aliphatic rings. The number of anilines is 1. The van der Waals surface area contributed by atoms with E-state index in [-0.39, 0.29) is 34.9 Å². The fourth-order valence-corrected chi connectivity index (χ4v) is 5.52. The van der Waals surface area contributed by atoms with Gasteiger partial charge in [-0.15, -0.1) is 0 Å². The lowest BCUT2D eigenvalue weighted by atomic mass is 9.95. The molecule has 0 aliphatic heterocycles. The van der Waals surface area contributed by atoms with Crippen molar-refractivity contribution >= 4 is 56.4 Å². The molecule has 3 rings (SSSR count). The molecule has 10 nitrogen and oxygen atoms in total. The molecule has 1 saturated carbocycles. The van der Waals surface area contributed by atoms with Crippen LogP contribution in [0.25, 0.3) is 0 Å². The van der Waals surface area contributed by atoms with Gasteiger partial charge in [-0.2, -0.15) is 0 Å². The number of hydrogen-bond acceptors (Lipinski definition) is 6. The maximum absolute atomic E-state index is 13.6. The topological polar surface area (TPSA) is 130 Å². The zero-order valence-corrected chi connectivity index (χ0v) is 23.4. The van der Waals surface area contributed by atoms with E-state index in [4.69, 9.17) is 23.2 Å². The quantitative estimate of drug-likeness (QED) is 0.322. The van der Waals surface area contributed by atoms with Gasteiger partial charge in [0.15, 0.2) is 0 Å². The molecule has 1 atom stereocenters. The Hall–Kier alpha value is -2.89. The maximum Gasteiger partial charge on any atom is 0.271 e. The van der Waals surface area contributed by atoms with Crippen molar-refractivity contribution in [1.29, 1.82) is 0 Å². The van der Waals surface area contributed by atoms with E-state index in [1.54, 1.807) is 25.1 Å². The van der Waals surface area contributed by atoms with E-state index < -0.39 is 33.4 Å². The summed E-state index contributed by atoms with van der Waals surface area (Å²) in [6, 6.07) is 8.88. The summed E-state index contributed by atoms with van der Waals surface area (Å²) in [7, 11) is -4.02. The lowest BCUT2D eigenvalue weighted by molar-refractivity contribution is -0.384. The second-order valence-corrected chi connectivity index (χ2v) is 12.1. The van der Waals surface area contributed by atoms with Gasteiger partial charge >= 0.3 is 0 Å². The molecule has 0 unspecified atom stereocenters. The first-order valence-electron chi connectivity index (χ1n) is 12.1. The fourth-order valence-electron chi connectivity index (χ4n) is 4.36.